The maximum absolute atomic E-state index is 11.9. The number of methoxy groups -OCH3 is 1. The Hall–Kier alpha value is -1.77. The van der Waals surface area contributed by atoms with E-state index in [1.165, 1.54) is 5.57 Å². The van der Waals surface area contributed by atoms with Gasteiger partial charge in [-0.25, -0.2) is 0 Å². The fraction of sp³-hybridized carbons (Fsp3) is 0.357. The molecule has 0 unspecified atom stereocenters. The van der Waals surface area contributed by atoms with Gasteiger partial charge in [-0.05, 0) is 37.1 Å². The van der Waals surface area contributed by atoms with E-state index in [0.29, 0.717) is 6.54 Å². The van der Waals surface area contributed by atoms with Crippen LogP contribution in [0.2, 0.25) is 0 Å². The van der Waals surface area contributed by atoms with Gasteiger partial charge in [0.25, 0.3) is 0 Å². The molecule has 0 saturated heterocycles. The first-order chi connectivity index (χ1) is 8.11. The van der Waals surface area contributed by atoms with E-state index in [0.717, 1.165) is 23.4 Å². The van der Waals surface area contributed by atoms with Crippen molar-refractivity contribution in [3.05, 3.63) is 41.0 Å². The summed E-state index contributed by atoms with van der Waals surface area (Å²) in [6.07, 6.45) is 0. The zero-order valence-electron chi connectivity index (χ0n) is 10.5. The van der Waals surface area contributed by atoms with E-state index in [9.17, 15) is 4.79 Å². The molecule has 1 aromatic carbocycles. The topological polar surface area (TPSA) is 29.5 Å². The maximum Gasteiger partial charge on any atom is 0.250 e. The van der Waals surface area contributed by atoms with Gasteiger partial charge in [0.15, 0.2) is 0 Å². The average molecular weight is 231 g/mol. The zero-order valence-corrected chi connectivity index (χ0v) is 10.5. The lowest BCUT2D eigenvalue weighted by atomic mass is 10.2. The number of benzene rings is 1. The second-order valence-electron chi connectivity index (χ2n) is 4.41. The number of amides is 1. The van der Waals surface area contributed by atoms with Gasteiger partial charge >= 0.3 is 0 Å². The van der Waals surface area contributed by atoms with Crippen LogP contribution in [0.4, 0.5) is 0 Å². The van der Waals surface area contributed by atoms with E-state index >= 15 is 0 Å². The van der Waals surface area contributed by atoms with Gasteiger partial charge in [0.05, 0.1) is 7.11 Å². The van der Waals surface area contributed by atoms with Crippen molar-refractivity contribution in [1.29, 1.82) is 0 Å². The van der Waals surface area contributed by atoms with Crippen molar-refractivity contribution in [3.8, 4) is 5.75 Å². The van der Waals surface area contributed by atoms with Gasteiger partial charge in [-0.2, -0.15) is 0 Å². The number of carbonyl (C=O) groups is 1. The van der Waals surface area contributed by atoms with Gasteiger partial charge in [0, 0.05) is 18.7 Å². The van der Waals surface area contributed by atoms with Crippen molar-refractivity contribution < 1.29 is 9.53 Å². The Bertz CT molecular complexity index is 460. The monoisotopic (exact) mass is 231 g/mol. The van der Waals surface area contributed by atoms with Crippen LogP contribution in [-0.2, 0) is 11.3 Å². The number of carbonyl (C=O) groups excluding carboxylic acids is 1. The Balaban J connectivity index is 2.05. The molecule has 0 aliphatic carbocycles. The summed E-state index contributed by atoms with van der Waals surface area (Å²) < 4.78 is 5.11. The SMILES string of the molecule is COc1ccc(CN2CC(C)=C(C)C2=O)cc1. The highest BCUT2D eigenvalue weighted by Crippen LogP contribution is 2.21. The average Bonchev–Trinajstić information content (AvgIpc) is 2.58. The van der Waals surface area contributed by atoms with Gasteiger partial charge in [-0.15, -0.1) is 0 Å². The lowest BCUT2D eigenvalue weighted by Crippen LogP contribution is -2.26. The quantitative estimate of drug-likeness (QED) is 0.799. The Morgan fingerprint density at radius 1 is 1.24 bits per heavy atom. The first-order valence-corrected chi connectivity index (χ1v) is 5.70. The highest BCUT2D eigenvalue weighted by Gasteiger charge is 2.24. The molecule has 2 rings (SSSR count). The molecule has 3 nitrogen and oxygen atoms in total. The maximum atomic E-state index is 11.9. The third-order valence-corrected chi connectivity index (χ3v) is 3.21. The molecule has 3 heteroatoms. The third-order valence-electron chi connectivity index (χ3n) is 3.21. The molecule has 0 spiro atoms. The summed E-state index contributed by atoms with van der Waals surface area (Å²) in [5.74, 6) is 0.991. The van der Waals surface area contributed by atoms with Crippen LogP contribution >= 0.6 is 0 Å². The van der Waals surface area contributed by atoms with Gasteiger partial charge in [-0.3, -0.25) is 4.79 Å². The van der Waals surface area contributed by atoms with Crippen LogP contribution < -0.4 is 4.74 Å². The second kappa shape index (κ2) is 4.62. The molecule has 1 aliphatic heterocycles. The second-order valence-corrected chi connectivity index (χ2v) is 4.41. The molecule has 0 saturated carbocycles. The molecule has 0 N–H and O–H groups in total. The molecular weight excluding hydrogens is 214 g/mol. The molecule has 1 aliphatic rings. The van der Waals surface area contributed by atoms with Crippen molar-refractivity contribution >= 4 is 5.91 Å². The molecule has 1 heterocycles. The molecule has 0 radical (unpaired) electrons. The largest absolute Gasteiger partial charge is 0.497 e. The highest BCUT2D eigenvalue weighted by molar-refractivity contribution is 5.96. The van der Waals surface area contributed by atoms with E-state index < -0.39 is 0 Å². The van der Waals surface area contributed by atoms with Crippen LogP contribution in [0.5, 0.6) is 5.75 Å². The van der Waals surface area contributed by atoms with Crippen molar-refractivity contribution in [2.75, 3.05) is 13.7 Å². The number of ether oxygens (including phenoxy) is 1. The summed E-state index contributed by atoms with van der Waals surface area (Å²) in [7, 11) is 1.65. The number of nitrogens with zero attached hydrogens (tertiary/aromatic N) is 1. The number of rotatable bonds is 3. The molecule has 17 heavy (non-hydrogen) atoms. The summed E-state index contributed by atoms with van der Waals surface area (Å²) in [5, 5.41) is 0. The fourth-order valence-corrected chi connectivity index (χ4v) is 1.98. The lowest BCUT2D eigenvalue weighted by molar-refractivity contribution is -0.125. The molecule has 0 fully saturated rings. The smallest absolute Gasteiger partial charge is 0.250 e. The Kier molecular flexibility index (Phi) is 3.18. The minimum absolute atomic E-state index is 0.151. The lowest BCUT2D eigenvalue weighted by Gasteiger charge is -2.16. The minimum Gasteiger partial charge on any atom is -0.497 e. The number of hydrogen-bond acceptors (Lipinski definition) is 2. The van der Waals surface area contributed by atoms with E-state index in [2.05, 4.69) is 0 Å². The minimum atomic E-state index is 0.151. The molecule has 90 valence electrons. The summed E-state index contributed by atoms with van der Waals surface area (Å²) in [5.41, 5.74) is 3.18. The van der Waals surface area contributed by atoms with Crippen molar-refractivity contribution in [1.82, 2.24) is 4.90 Å². The van der Waals surface area contributed by atoms with Gasteiger partial charge in [0.1, 0.15) is 5.75 Å². The van der Waals surface area contributed by atoms with Crippen LogP contribution in [0.1, 0.15) is 19.4 Å². The van der Waals surface area contributed by atoms with Crippen LogP contribution in [-0.4, -0.2) is 24.5 Å². The van der Waals surface area contributed by atoms with E-state index in [1.54, 1.807) is 7.11 Å². The predicted octanol–water partition coefficient (Wildman–Crippen LogP) is 2.37. The molecule has 0 bridgehead atoms. The fourth-order valence-electron chi connectivity index (χ4n) is 1.98. The zero-order chi connectivity index (χ0) is 12.4. The normalized spacial score (nSPS) is 15.7. The summed E-state index contributed by atoms with van der Waals surface area (Å²) in [6, 6.07) is 7.83. The standard InChI is InChI=1S/C14H17NO2/c1-10-8-15(14(16)11(10)2)9-12-4-6-13(17-3)7-5-12/h4-7H,8-9H2,1-3H3. The molecule has 0 atom stereocenters. The summed E-state index contributed by atoms with van der Waals surface area (Å²) >= 11 is 0. The van der Waals surface area contributed by atoms with Crippen LogP contribution in [0.25, 0.3) is 0 Å². The van der Waals surface area contributed by atoms with Crippen LogP contribution in [0.3, 0.4) is 0 Å². The number of hydrogen-bond donors (Lipinski definition) is 0. The van der Waals surface area contributed by atoms with Gasteiger partial charge in [0.2, 0.25) is 5.91 Å². The predicted molar refractivity (Wildman–Crippen MR) is 66.8 cm³/mol. The molecular formula is C14H17NO2. The summed E-state index contributed by atoms with van der Waals surface area (Å²) in [4.78, 5) is 13.8. The molecule has 0 aromatic heterocycles. The Labute approximate surface area is 102 Å². The van der Waals surface area contributed by atoms with Crippen LogP contribution in [0, 0.1) is 0 Å². The Morgan fingerprint density at radius 3 is 2.35 bits per heavy atom. The van der Waals surface area contributed by atoms with Gasteiger partial charge in [-0.1, -0.05) is 12.1 Å². The highest BCUT2D eigenvalue weighted by atomic mass is 16.5. The molecule has 1 amide bonds. The first kappa shape index (κ1) is 11.7. The van der Waals surface area contributed by atoms with Gasteiger partial charge < -0.3 is 9.64 Å². The van der Waals surface area contributed by atoms with Crippen LogP contribution in [0.15, 0.2) is 35.4 Å². The van der Waals surface area contributed by atoms with E-state index in [1.807, 2.05) is 43.0 Å². The van der Waals surface area contributed by atoms with Crippen molar-refractivity contribution in [3.63, 3.8) is 0 Å². The first-order valence-electron chi connectivity index (χ1n) is 5.70. The third kappa shape index (κ3) is 2.33. The van der Waals surface area contributed by atoms with Crippen molar-refractivity contribution in [2.24, 2.45) is 0 Å². The summed E-state index contributed by atoms with van der Waals surface area (Å²) in [6.45, 7) is 5.32. The van der Waals surface area contributed by atoms with E-state index in [4.69, 9.17) is 4.74 Å². The molecule has 1 aromatic rings. The van der Waals surface area contributed by atoms with Crippen molar-refractivity contribution in [2.45, 2.75) is 20.4 Å². The Morgan fingerprint density at radius 2 is 1.88 bits per heavy atom. The van der Waals surface area contributed by atoms with E-state index in [-0.39, 0.29) is 5.91 Å².